The van der Waals surface area contributed by atoms with Gasteiger partial charge in [-0.15, -0.1) is 11.3 Å². The quantitative estimate of drug-likeness (QED) is 0.709. The summed E-state index contributed by atoms with van der Waals surface area (Å²) in [5.41, 5.74) is 2.18. The highest BCUT2D eigenvalue weighted by atomic mass is 32.1. The van der Waals surface area contributed by atoms with Crippen molar-refractivity contribution in [2.24, 2.45) is 5.92 Å². The van der Waals surface area contributed by atoms with E-state index in [1.54, 1.807) is 15.8 Å². The van der Waals surface area contributed by atoms with E-state index in [2.05, 4.69) is 4.98 Å². The van der Waals surface area contributed by atoms with E-state index in [-0.39, 0.29) is 11.8 Å². The molecule has 1 fully saturated rings. The van der Waals surface area contributed by atoms with Gasteiger partial charge in [0.1, 0.15) is 12.0 Å². The van der Waals surface area contributed by atoms with Gasteiger partial charge in [0.05, 0.1) is 5.51 Å². The van der Waals surface area contributed by atoms with Crippen molar-refractivity contribution in [3.8, 4) is 0 Å². The summed E-state index contributed by atoms with van der Waals surface area (Å²) in [7, 11) is 0. The minimum absolute atomic E-state index is 0.0133. The minimum Gasteiger partial charge on any atom is -0.337 e. The summed E-state index contributed by atoms with van der Waals surface area (Å²) in [5.74, 6) is 0.116. The maximum atomic E-state index is 11.8. The standard InChI is InChI=1S/C10H12N2O2S/c13-5-8-1-3-12(4-2-8)10(14)9-6-15-7-11-9/h5-8H,1-4H2. The summed E-state index contributed by atoms with van der Waals surface area (Å²) in [6.45, 7) is 1.33. The van der Waals surface area contributed by atoms with Gasteiger partial charge in [-0.05, 0) is 12.8 Å². The fourth-order valence-electron chi connectivity index (χ4n) is 1.72. The lowest BCUT2D eigenvalue weighted by Crippen LogP contribution is -2.38. The van der Waals surface area contributed by atoms with Crippen molar-refractivity contribution in [3.05, 3.63) is 16.6 Å². The van der Waals surface area contributed by atoms with E-state index in [1.165, 1.54) is 11.3 Å². The molecule has 0 aromatic carbocycles. The SMILES string of the molecule is O=CC1CCN(C(=O)c2cscn2)CC1. The molecule has 0 bridgehead atoms. The Morgan fingerprint density at radius 3 is 2.80 bits per heavy atom. The van der Waals surface area contributed by atoms with Gasteiger partial charge in [0.2, 0.25) is 0 Å². The molecule has 0 atom stereocenters. The Labute approximate surface area is 91.9 Å². The van der Waals surface area contributed by atoms with E-state index in [1.807, 2.05) is 0 Å². The number of likely N-dealkylation sites (tertiary alicyclic amines) is 1. The molecule has 4 nitrogen and oxygen atoms in total. The van der Waals surface area contributed by atoms with E-state index in [9.17, 15) is 9.59 Å². The molecule has 1 aromatic heterocycles. The second-order valence-electron chi connectivity index (χ2n) is 3.64. The maximum Gasteiger partial charge on any atom is 0.273 e. The highest BCUT2D eigenvalue weighted by molar-refractivity contribution is 7.07. The molecule has 1 aromatic rings. The Morgan fingerprint density at radius 1 is 1.53 bits per heavy atom. The summed E-state index contributed by atoms with van der Waals surface area (Å²) >= 11 is 1.42. The van der Waals surface area contributed by atoms with Crippen LogP contribution in [0.2, 0.25) is 0 Å². The van der Waals surface area contributed by atoms with Gasteiger partial charge < -0.3 is 9.69 Å². The van der Waals surface area contributed by atoms with Crippen molar-refractivity contribution >= 4 is 23.5 Å². The summed E-state index contributed by atoms with van der Waals surface area (Å²) in [6.07, 6.45) is 2.55. The molecule has 0 saturated carbocycles. The van der Waals surface area contributed by atoms with Crippen LogP contribution < -0.4 is 0 Å². The third-order valence-electron chi connectivity index (χ3n) is 2.67. The van der Waals surface area contributed by atoms with Gasteiger partial charge in [-0.25, -0.2) is 4.98 Å². The second kappa shape index (κ2) is 4.53. The number of carbonyl (C=O) groups is 2. The first-order valence-electron chi connectivity index (χ1n) is 4.94. The van der Waals surface area contributed by atoms with Crippen LogP contribution >= 0.6 is 11.3 Å². The van der Waals surface area contributed by atoms with E-state index in [0.717, 1.165) is 19.1 Å². The van der Waals surface area contributed by atoms with Crippen LogP contribution in [0, 0.1) is 5.92 Å². The van der Waals surface area contributed by atoms with Gasteiger partial charge in [0, 0.05) is 24.4 Å². The molecular formula is C10H12N2O2S. The predicted octanol–water partition coefficient (Wildman–Crippen LogP) is 1.19. The molecule has 5 heteroatoms. The first kappa shape index (κ1) is 10.3. The number of carbonyl (C=O) groups excluding carboxylic acids is 2. The van der Waals surface area contributed by atoms with Crippen LogP contribution in [0.15, 0.2) is 10.9 Å². The average molecular weight is 224 g/mol. The van der Waals surface area contributed by atoms with Gasteiger partial charge >= 0.3 is 0 Å². The van der Waals surface area contributed by atoms with Gasteiger partial charge in [0.25, 0.3) is 5.91 Å². The number of nitrogens with zero attached hydrogens (tertiary/aromatic N) is 2. The van der Waals surface area contributed by atoms with Gasteiger partial charge in [0.15, 0.2) is 0 Å². The topological polar surface area (TPSA) is 50.3 Å². The summed E-state index contributed by atoms with van der Waals surface area (Å²) in [6, 6.07) is 0. The van der Waals surface area contributed by atoms with Crippen LogP contribution in [-0.2, 0) is 4.79 Å². The van der Waals surface area contributed by atoms with Crippen molar-refractivity contribution in [1.82, 2.24) is 9.88 Å². The molecule has 2 rings (SSSR count). The molecule has 1 aliphatic heterocycles. The first-order valence-corrected chi connectivity index (χ1v) is 5.88. The molecule has 1 amide bonds. The first-order chi connectivity index (χ1) is 7.31. The fourth-order valence-corrected chi connectivity index (χ4v) is 2.24. The average Bonchev–Trinajstić information content (AvgIpc) is 2.82. The number of aldehydes is 1. The number of aromatic nitrogens is 1. The van der Waals surface area contributed by atoms with Gasteiger partial charge in [-0.2, -0.15) is 0 Å². The number of amides is 1. The van der Waals surface area contributed by atoms with E-state index in [0.29, 0.717) is 18.8 Å². The lowest BCUT2D eigenvalue weighted by molar-refractivity contribution is -0.112. The van der Waals surface area contributed by atoms with Crippen molar-refractivity contribution in [2.75, 3.05) is 13.1 Å². The number of piperidine rings is 1. The molecule has 80 valence electrons. The largest absolute Gasteiger partial charge is 0.337 e. The van der Waals surface area contributed by atoms with Gasteiger partial charge in [-0.1, -0.05) is 0 Å². The van der Waals surface area contributed by atoms with Crippen LogP contribution in [0.1, 0.15) is 23.3 Å². The molecule has 2 heterocycles. The molecule has 0 N–H and O–H groups in total. The Hall–Kier alpha value is -1.23. The highest BCUT2D eigenvalue weighted by Gasteiger charge is 2.23. The third-order valence-corrected chi connectivity index (χ3v) is 3.26. The molecule has 1 aliphatic rings. The molecule has 0 radical (unpaired) electrons. The third kappa shape index (κ3) is 2.23. The maximum absolute atomic E-state index is 11.8. The lowest BCUT2D eigenvalue weighted by Gasteiger charge is -2.29. The predicted molar refractivity (Wildman–Crippen MR) is 56.8 cm³/mol. The Balaban J connectivity index is 1.96. The van der Waals surface area contributed by atoms with E-state index >= 15 is 0 Å². The normalized spacial score (nSPS) is 17.7. The Kier molecular flexibility index (Phi) is 3.11. The lowest BCUT2D eigenvalue weighted by atomic mass is 9.98. The van der Waals surface area contributed by atoms with Gasteiger partial charge in [-0.3, -0.25) is 4.79 Å². The molecule has 15 heavy (non-hydrogen) atoms. The van der Waals surface area contributed by atoms with Crippen LogP contribution in [0.25, 0.3) is 0 Å². The molecule has 1 saturated heterocycles. The van der Waals surface area contributed by atoms with Crippen LogP contribution in [0.3, 0.4) is 0 Å². The zero-order valence-electron chi connectivity index (χ0n) is 8.26. The number of hydrogen-bond donors (Lipinski definition) is 0. The minimum atomic E-state index is -0.0133. The molecule has 0 aliphatic carbocycles. The van der Waals surface area contributed by atoms with Crippen molar-refractivity contribution < 1.29 is 9.59 Å². The van der Waals surface area contributed by atoms with Crippen molar-refractivity contribution in [3.63, 3.8) is 0 Å². The van der Waals surface area contributed by atoms with Crippen molar-refractivity contribution in [1.29, 1.82) is 0 Å². The Morgan fingerprint density at radius 2 is 2.27 bits per heavy atom. The monoisotopic (exact) mass is 224 g/mol. The summed E-state index contributed by atoms with van der Waals surface area (Å²) in [4.78, 5) is 28.1. The summed E-state index contributed by atoms with van der Waals surface area (Å²) < 4.78 is 0. The smallest absolute Gasteiger partial charge is 0.273 e. The van der Waals surface area contributed by atoms with Crippen LogP contribution in [0.4, 0.5) is 0 Å². The molecule has 0 unspecified atom stereocenters. The van der Waals surface area contributed by atoms with E-state index in [4.69, 9.17) is 0 Å². The Bertz CT molecular complexity index is 342. The fraction of sp³-hybridized carbons (Fsp3) is 0.500. The molecule has 0 spiro atoms. The number of hydrogen-bond acceptors (Lipinski definition) is 4. The number of thiazole rings is 1. The number of rotatable bonds is 2. The molecular weight excluding hydrogens is 212 g/mol. The van der Waals surface area contributed by atoms with Crippen LogP contribution in [0.5, 0.6) is 0 Å². The highest BCUT2D eigenvalue weighted by Crippen LogP contribution is 2.17. The van der Waals surface area contributed by atoms with Crippen LogP contribution in [-0.4, -0.2) is 35.2 Å². The summed E-state index contributed by atoms with van der Waals surface area (Å²) in [5, 5.41) is 1.76. The van der Waals surface area contributed by atoms with E-state index < -0.39 is 0 Å². The van der Waals surface area contributed by atoms with Crippen molar-refractivity contribution in [2.45, 2.75) is 12.8 Å². The second-order valence-corrected chi connectivity index (χ2v) is 4.36. The zero-order valence-corrected chi connectivity index (χ0v) is 9.07. The zero-order chi connectivity index (χ0) is 10.7.